The summed E-state index contributed by atoms with van der Waals surface area (Å²) < 4.78 is 4.87. The second-order valence-corrected chi connectivity index (χ2v) is 4.86. The molecule has 96 valence electrons. The molecule has 0 aromatic heterocycles. The molecule has 4 nitrogen and oxygen atoms in total. The van der Waals surface area contributed by atoms with Crippen molar-refractivity contribution >= 4 is 5.97 Å². The predicted molar refractivity (Wildman–Crippen MR) is 66.5 cm³/mol. The second kappa shape index (κ2) is 6.86. The fraction of sp³-hybridized carbons (Fsp3) is 0.917. The van der Waals surface area contributed by atoms with Gasteiger partial charge in [-0.05, 0) is 40.8 Å². The molecule has 1 atom stereocenters. The van der Waals surface area contributed by atoms with Gasteiger partial charge in [-0.3, -0.25) is 10.1 Å². The van der Waals surface area contributed by atoms with E-state index < -0.39 is 5.54 Å². The third-order valence-corrected chi connectivity index (χ3v) is 2.43. The van der Waals surface area contributed by atoms with Crippen LogP contribution in [0.4, 0.5) is 0 Å². The van der Waals surface area contributed by atoms with Gasteiger partial charge in [-0.25, -0.2) is 0 Å². The van der Waals surface area contributed by atoms with E-state index in [1.165, 1.54) is 7.11 Å². The van der Waals surface area contributed by atoms with Gasteiger partial charge in [0.2, 0.25) is 0 Å². The van der Waals surface area contributed by atoms with Crippen molar-refractivity contribution < 1.29 is 9.53 Å². The molecule has 1 N–H and O–H groups in total. The van der Waals surface area contributed by atoms with E-state index in [0.29, 0.717) is 6.54 Å². The Bertz CT molecular complexity index is 219. The molecule has 0 rings (SSSR count). The molecular weight excluding hydrogens is 204 g/mol. The number of hydrogen-bond acceptors (Lipinski definition) is 4. The summed E-state index contributed by atoms with van der Waals surface area (Å²) in [6, 6.07) is 0.249. The van der Waals surface area contributed by atoms with E-state index in [-0.39, 0.29) is 12.0 Å². The highest BCUT2D eigenvalue weighted by atomic mass is 16.5. The van der Waals surface area contributed by atoms with Crippen molar-refractivity contribution in [1.82, 2.24) is 10.2 Å². The number of nitrogens with zero attached hydrogens (tertiary/aromatic N) is 1. The minimum absolute atomic E-state index is 0.204. The highest BCUT2D eigenvalue weighted by Crippen LogP contribution is 2.10. The Morgan fingerprint density at radius 2 is 2.06 bits per heavy atom. The maximum Gasteiger partial charge on any atom is 0.327 e. The Balaban J connectivity index is 4.59. The van der Waals surface area contributed by atoms with Gasteiger partial charge in [0, 0.05) is 12.6 Å². The van der Waals surface area contributed by atoms with Crippen molar-refractivity contribution in [3.8, 4) is 0 Å². The highest BCUT2D eigenvalue weighted by Gasteiger charge is 2.35. The summed E-state index contributed by atoms with van der Waals surface area (Å²) in [5, 5.41) is 3.28. The summed E-state index contributed by atoms with van der Waals surface area (Å²) in [5.41, 5.74) is -0.632. The molecule has 0 aromatic rings. The molecule has 0 saturated heterocycles. The van der Waals surface area contributed by atoms with Crippen LogP contribution in [-0.4, -0.2) is 49.7 Å². The molecule has 0 bridgehead atoms. The first kappa shape index (κ1) is 15.4. The van der Waals surface area contributed by atoms with E-state index in [1.807, 2.05) is 27.8 Å². The van der Waals surface area contributed by atoms with E-state index in [2.05, 4.69) is 17.1 Å². The molecule has 0 saturated carbocycles. The van der Waals surface area contributed by atoms with Crippen LogP contribution < -0.4 is 5.32 Å². The van der Waals surface area contributed by atoms with Crippen LogP contribution in [0.1, 0.15) is 34.1 Å². The Morgan fingerprint density at radius 1 is 1.50 bits per heavy atom. The van der Waals surface area contributed by atoms with Gasteiger partial charge in [-0.15, -0.1) is 0 Å². The van der Waals surface area contributed by atoms with Crippen molar-refractivity contribution in [3.05, 3.63) is 0 Å². The Morgan fingerprint density at radius 3 is 2.44 bits per heavy atom. The molecule has 0 aliphatic carbocycles. The van der Waals surface area contributed by atoms with Gasteiger partial charge >= 0.3 is 5.97 Å². The van der Waals surface area contributed by atoms with Crippen LogP contribution >= 0.6 is 0 Å². The molecule has 0 spiro atoms. The summed E-state index contributed by atoms with van der Waals surface area (Å²) in [4.78, 5) is 13.9. The first-order valence-electron chi connectivity index (χ1n) is 5.90. The van der Waals surface area contributed by atoms with E-state index in [0.717, 1.165) is 13.0 Å². The molecule has 0 heterocycles. The molecule has 0 fully saturated rings. The SMILES string of the molecule is CCCN(C)CC(C)(NC(C)C)C(=O)OC. The minimum Gasteiger partial charge on any atom is -0.468 e. The lowest BCUT2D eigenvalue weighted by Crippen LogP contribution is -2.58. The zero-order valence-corrected chi connectivity index (χ0v) is 11.5. The number of methoxy groups -OCH3 is 1. The Kier molecular flexibility index (Phi) is 6.60. The van der Waals surface area contributed by atoms with Crippen molar-refractivity contribution in [2.45, 2.75) is 45.7 Å². The van der Waals surface area contributed by atoms with Crippen LogP contribution in [0.25, 0.3) is 0 Å². The summed E-state index contributed by atoms with van der Waals surface area (Å²) in [5.74, 6) is -0.204. The second-order valence-electron chi connectivity index (χ2n) is 4.86. The summed E-state index contributed by atoms with van der Waals surface area (Å²) in [6.07, 6.45) is 1.08. The van der Waals surface area contributed by atoms with Gasteiger partial charge in [0.15, 0.2) is 0 Å². The molecule has 1 unspecified atom stereocenters. The first-order valence-corrected chi connectivity index (χ1v) is 5.90. The van der Waals surface area contributed by atoms with Crippen molar-refractivity contribution in [2.24, 2.45) is 0 Å². The molecule has 4 heteroatoms. The highest BCUT2D eigenvalue weighted by molar-refractivity contribution is 5.80. The van der Waals surface area contributed by atoms with Gasteiger partial charge in [0.05, 0.1) is 7.11 Å². The van der Waals surface area contributed by atoms with E-state index >= 15 is 0 Å². The fourth-order valence-electron chi connectivity index (χ4n) is 2.03. The van der Waals surface area contributed by atoms with Crippen molar-refractivity contribution in [1.29, 1.82) is 0 Å². The smallest absolute Gasteiger partial charge is 0.327 e. The third kappa shape index (κ3) is 4.94. The number of hydrogen-bond donors (Lipinski definition) is 1. The first-order chi connectivity index (χ1) is 7.35. The molecule has 0 radical (unpaired) electrons. The average Bonchev–Trinajstić information content (AvgIpc) is 2.15. The van der Waals surface area contributed by atoms with Crippen LogP contribution in [0.5, 0.6) is 0 Å². The number of esters is 1. The lowest BCUT2D eigenvalue weighted by Gasteiger charge is -2.33. The van der Waals surface area contributed by atoms with Crippen LogP contribution in [0, 0.1) is 0 Å². The zero-order valence-electron chi connectivity index (χ0n) is 11.5. The van der Waals surface area contributed by atoms with Crippen LogP contribution in [-0.2, 0) is 9.53 Å². The van der Waals surface area contributed by atoms with Crippen molar-refractivity contribution in [2.75, 3.05) is 27.2 Å². The van der Waals surface area contributed by atoms with Crippen LogP contribution in [0.3, 0.4) is 0 Å². The zero-order chi connectivity index (χ0) is 12.8. The number of nitrogens with one attached hydrogen (secondary N) is 1. The molecule has 0 aliphatic rings. The molecular formula is C12H26N2O2. The van der Waals surface area contributed by atoms with Gasteiger partial charge in [-0.2, -0.15) is 0 Å². The van der Waals surface area contributed by atoms with E-state index in [9.17, 15) is 4.79 Å². The predicted octanol–water partition coefficient (Wildman–Crippen LogP) is 1.26. The topological polar surface area (TPSA) is 41.6 Å². The monoisotopic (exact) mass is 230 g/mol. The summed E-state index contributed by atoms with van der Waals surface area (Å²) >= 11 is 0. The van der Waals surface area contributed by atoms with Crippen molar-refractivity contribution in [3.63, 3.8) is 0 Å². The van der Waals surface area contributed by atoms with Crippen LogP contribution in [0.2, 0.25) is 0 Å². The molecule has 0 aliphatic heterocycles. The summed E-state index contributed by atoms with van der Waals surface area (Å²) in [6.45, 7) is 9.72. The van der Waals surface area contributed by atoms with Gasteiger partial charge in [-0.1, -0.05) is 6.92 Å². The number of carbonyl (C=O) groups excluding carboxylic acids is 1. The van der Waals surface area contributed by atoms with Crippen LogP contribution in [0.15, 0.2) is 0 Å². The molecule has 0 aromatic carbocycles. The maximum absolute atomic E-state index is 11.8. The third-order valence-electron chi connectivity index (χ3n) is 2.43. The number of ether oxygens (including phenoxy) is 1. The normalized spacial score (nSPS) is 15.2. The van der Waals surface area contributed by atoms with E-state index in [1.54, 1.807) is 0 Å². The van der Waals surface area contributed by atoms with Gasteiger partial charge in [0.1, 0.15) is 5.54 Å². The average molecular weight is 230 g/mol. The standard InChI is InChI=1S/C12H26N2O2/c1-7-8-14(5)9-12(4,11(15)16-6)13-10(2)3/h10,13H,7-9H2,1-6H3. The van der Waals surface area contributed by atoms with E-state index in [4.69, 9.17) is 4.74 Å². The quantitative estimate of drug-likeness (QED) is 0.669. The fourth-order valence-corrected chi connectivity index (χ4v) is 2.03. The summed E-state index contributed by atoms with van der Waals surface area (Å²) in [7, 11) is 3.45. The lowest BCUT2D eigenvalue weighted by molar-refractivity contribution is -0.149. The Hall–Kier alpha value is -0.610. The van der Waals surface area contributed by atoms with Gasteiger partial charge < -0.3 is 9.64 Å². The molecule has 16 heavy (non-hydrogen) atoms. The maximum atomic E-state index is 11.8. The number of likely N-dealkylation sites (N-methyl/N-ethyl adjacent to an activating group) is 1. The molecule has 0 amide bonds. The number of carbonyl (C=O) groups is 1. The Labute approximate surface area is 99.3 Å². The van der Waals surface area contributed by atoms with Gasteiger partial charge in [0.25, 0.3) is 0 Å². The lowest BCUT2D eigenvalue weighted by atomic mass is 10.0. The number of rotatable bonds is 7. The largest absolute Gasteiger partial charge is 0.468 e. The minimum atomic E-state index is -0.632.